The van der Waals surface area contributed by atoms with Crippen LogP contribution in [0, 0.1) is 0 Å². The first-order chi connectivity index (χ1) is 20.2. The van der Waals surface area contributed by atoms with Crippen molar-refractivity contribution in [3.63, 3.8) is 0 Å². The van der Waals surface area contributed by atoms with E-state index in [1.54, 1.807) is 26.0 Å². The lowest BCUT2D eigenvalue weighted by Crippen LogP contribution is -2.35. The van der Waals surface area contributed by atoms with Gasteiger partial charge in [-0.25, -0.2) is 9.79 Å². The summed E-state index contributed by atoms with van der Waals surface area (Å²) in [5.41, 5.74) is 2.15. The normalized spacial score (nSPS) is 14.8. The molecule has 1 atom stereocenters. The van der Waals surface area contributed by atoms with Crippen LogP contribution in [0.4, 0.5) is 0 Å². The molecule has 0 fully saturated rings. The van der Waals surface area contributed by atoms with Gasteiger partial charge in [0.1, 0.15) is 18.4 Å². The molecule has 0 bridgehead atoms. The van der Waals surface area contributed by atoms with Gasteiger partial charge in [-0.3, -0.25) is 9.36 Å². The molecule has 1 aliphatic heterocycles. The van der Waals surface area contributed by atoms with Crippen molar-refractivity contribution in [1.29, 1.82) is 0 Å². The highest BCUT2D eigenvalue weighted by Crippen LogP contribution is 2.37. The maximum absolute atomic E-state index is 13.5. The Morgan fingerprint density at radius 3 is 2.60 bits per heavy atom. The number of halogens is 2. The molecule has 1 aliphatic rings. The predicted octanol–water partition coefficient (Wildman–Crippen LogP) is 5.51. The van der Waals surface area contributed by atoms with Crippen LogP contribution in [0.5, 0.6) is 17.2 Å². The molecule has 3 aromatic carbocycles. The first-order valence-electron chi connectivity index (χ1n) is 12.9. The van der Waals surface area contributed by atoms with Crippen molar-refractivity contribution in [3.8, 4) is 17.2 Å². The average Bonchev–Trinajstić information content (AvgIpc) is 3.29. The lowest BCUT2D eigenvalue weighted by atomic mass is 9.96. The van der Waals surface area contributed by atoms with E-state index in [1.807, 2.05) is 36.4 Å². The van der Waals surface area contributed by atoms with Gasteiger partial charge < -0.3 is 19.3 Å². The van der Waals surface area contributed by atoms with Gasteiger partial charge in [0.2, 0.25) is 0 Å². The maximum atomic E-state index is 13.5. The fourth-order valence-electron chi connectivity index (χ4n) is 4.60. The number of nitrogens with zero attached hydrogens (tertiary/aromatic N) is 2. The van der Waals surface area contributed by atoms with Crippen molar-refractivity contribution in [3.05, 3.63) is 113 Å². The number of allylic oxidation sites excluding steroid dienone is 1. The van der Waals surface area contributed by atoms with Gasteiger partial charge in [-0.1, -0.05) is 70.9 Å². The third kappa shape index (κ3) is 5.81. The number of hydrogen-bond donors (Lipinski definition) is 1. The molecule has 0 amide bonds. The molecule has 5 rings (SSSR count). The summed E-state index contributed by atoms with van der Waals surface area (Å²) in [6, 6.07) is 17.2. The van der Waals surface area contributed by atoms with E-state index >= 15 is 0 Å². The SMILES string of the molecule is CCOC(=O)C1=C(C)n2c(s/c(=C\c3cc(Cl)cc(Cl)c3O)c2=O)=N[C@H]1c1ccc(OCc2ccccc2)c(OC)c1. The van der Waals surface area contributed by atoms with E-state index in [-0.39, 0.29) is 33.0 Å². The van der Waals surface area contributed by atoms with E-state index in [0.717, 1.165) is 16.9 Å². The van der Waals surface area contributed by atoms with Crippen LogP contribution in [0.1, 0.15) is 36.6 Å². The van der Waals surface area contributed by atoms with Gasteiger partial charge in [-0.15, -0.1) is 0 Å². The van der Waals surface area contributed by atoms with E-state index in [9.17, 15) is 14.7 Å². The highest BCUT2D eigenvalue weighted by Gasteiger charge is 2.32. The number of methoxy groups -OCH3 is 1. The van der Waals surface area contributed by atoms with Gasteiger partial charge in [0.25, 0.3) is 5.56 Å². The molecule has 0 saturated carbocycles. The molecule has 0 unspecified atom stereocenters. The lowest BCUT2D eigenvalue weighted by Gasteiger charge is -2.23. The molecule has 42 heavy (non-hydrogen) atoms. The number of phenols is 1. The molecule has 1 N–H and O–H groups in total. The summed E-state index contributed by atoms with van der Waals surface area (Å²) >= 11 is 13.3. The van der Waals surface area contributed by atoms with Gasteiger partial charge in [0.05, 0.1) is 28.8 Å². The number of rotatable bonds is 8. The zero-order chi connectivity index (χ0) is 30.0. The van der Waals surface area contributed by atoms with E-state index in [2.05, 4.69) is 0 Å². The van der Waals surface area contributed by atoms with E-state index in [1.165, 1.54) is 29.9 Å². The number of fused-ring (bicyclic) bond motifs is 1. The number of ether oxygens (including phenoxy) is 3. The second kappa shape index (κ2) is 12.4. The maximum Gasteiger partial charge on any atom is 0.338 e. The molecule has 11 heteroatoms. The van der Waals surface area contributed by atoms with Crippen LogP contribution in [0.2, 0.25) is 10.0 Å². The van der Waals surface area contributed by atoms with Crippen molar-refractivity contribution < 1.29 is 24.1 Å². The quantitative estimate of drug-likeness (QED) is 0.260. The fourth-order valence-corrected chi connectivity index (χ4v) is 6.14. The number of carbonyl (C=O) groups excluding carboxylic acids is 1. The number of hydrogen-bond acceptors (Lipinski definition) is 8. The third-order valence-corrected chi connectivity index (χ3v) is 8.11. The highest BCUT2D eigenvalue weighted by molar-refractivity contribution is 7.07. The Bertz CT molecular complexity index is 1880. The molecule has 0 spiro atoms. The number of esters is 1. The summed E-state index contributed by atoms with van der Waals surface area (Å²) in [6.45, 7) is 3.89. The number of aromatic nitrogens is 1. The summed E-state index contributed by atoms with van der Waals surface area (Å²) in [5, 5.41) is 10.8. The number of carbonyl (C=O) groups is 1. The van der Waals surface area contributed by atoms with Gasteiger partial charge >= 0.3 is 5.97 Å². The predicted molar refractivity (Wildman–Crippen MR) is 163 cm³/mol. The van der Waals surface area contributed by atoms with E-state index in [4.69, 9.17) is 42.4 Å². The van der Waals surface area contributed by atoms with Crippen LogP contribution in [0.25, 0.3) is 11.8 Å². The molecule has 8 nitrogen and oxygen atoms in total. The Morgan fingerprint density at radius 1 is 1.12 bits per heavy atom. The zero-order valence-corrected chi connectivity index (χ0v) is 25.2. The van der Waals surface area contributed by atoms with Crippen molar-refractivity contribution in [2.24, 2.45) is 4.99 Å². The smallest absolute Gasteiger partial charge is 0.338 e. The monoisotopic (exact) mass is 624 g/mol. The average molecular weight is 626 g/mol. The summed E-state index contributed by atoms with van der Waals surface area (Å²) in [4.78, 5) is 32.0. The van der Waals surface area contributed by atoms with E-state index in [0.29, 0.717) is 39.2 Å². The zero-order valence-electron chi connectivity index (χ0n) is 22.9. The van der Waals surface area contributed by atoms with Crippen molar-refractivity contribution in [2.45, 2.75) is 26.5 Å². The first kappa shape index (κ1) is 29.4. The summed E-state index contributed by atoms with van der Waals surface area (Å²) in [7, 11) is 1.54. The second-order valence-electron chi connectivity index (χ2n) is 9.29. The van der Waals surface area contributed by atoms with Crippen molar-refractivity contribution >= 4 is 52.3 Å². The molecule has 216 valence electrons. The summed E-state index contributed by atoms with van der Waals surface area (Å²) in [5.74, 6) is 0.216. The minimum atomic E-state index is -0.777. The first-order valence-corrected chi connectivity index (χ1v) is 14.5. The van der Waals surface area contributed by atoms with E-state index < -0.39 is 17.6 Å². The topological polar surface area (TPSA) is 99.4 Å². The van der Waals surface area contributed by atoms with Gasteiger partial charge in [0, 0.05) is 16.3 Å². The van der Waals surface area contributed by atoms with Crippen LogP contribution < -0.4 is 24.4 Å². The molecular weight excluding hydrogens is 599 g/mol. The fraction of sp³-hybridized carbons (Fsp3) is 0.194. The van der Waals surface area contributed by atoms with Crippen LogP contribution >= 0.6 is 34.5 Å². The standard InChI is InChI=1S/C31H26Cl2N2O6S/c1-4-40-30(38)26-17(2)35-29(37)25(14-20-12-21(32)15-22(33)28(20)36)42-31(35)34-27(26)19-10-11-23(24(13-19)39-3)41-16-18-8-6-5-7-9-18/h5-15,27,36H,4,16H2,1-3H3/b25-14-/t27-/m0/s1. The Labute approximate surface area is 255 Å². The molecule has 0 aliphatic carbocycles. The number of phenolic OH excluding ortho intramolecular Hbond substituents is 1. The Hall–Kier alpha value is -4.05. The van der Waals surface area contributed by atoms with Crippen molar-refractivity contribution in [1.82, 2.24) is 4.57 Å². The van der Waals surface area contributed by atoms with Crippen LogP contribution in [0.3, 0.4) is 0 Å². The van der Waals surface area contributed by atoms with Crippen LogP contribution in [-0.2, 0) is 16.1 Å². The summed E-state index contributed by atoms with van der Waals surface area (Å²) in [6.07, 6.45) is 1.50. The number of benzene rings is 3. The highest BCUT2D eigenvalue weighted by atomic mass is 35.5. The number of thiazole rings is 1. The lowest BCUT2D eigenvalue weighted by molar-refractivity contribution is -0.138. The molecular formula is C31H26Cl2N2O6S. The second-order valence-corrected chi connectivity index (χ2v) is 11.1. The summed E-state index contributed by atoms with van der Waals surface area (Å²) < 4.78 is 18.6. The minimum absolute atomic E-state index is 0.0609. The molecule has 0 saturated heterocycles. The third-order valence-electron chi connectivity index (χ3n) is 6.62. The Morgan fingerprint density at radius 2 is 1.88 bits per heavy atom. The number of aromatic hydroxyl groups is 1. The van der Waals surface area contributed by atoms with Gasteiger partial charge in [-0.05, 0) is 55.3 Å². The largest absolute Gasteiger partial charge is 0.506 e. The molecule has 0 radical (unpaired) electrons. The molecule has 1 aromatic heterocycles. The van der Waals surface area contributed by atoms with Crippen LogP contribution in [0.15, 0.2) is 76.0 Å². The van der Waals surface area contributed by atoms with Crippen LogP contribution in [-0.4, -0.2) is 29.4 Å². The van der Waals surface area contributed by atoms with Crippen molar-refractivity contribution in [2.75, 3.05) is 13.7 Å². The molecule has 4 aromatic rings. The Kier molecular flexibility index (Phi) is 8.72. The molecule has 2 heterocycles. The van der Waals surface area contributed by atoms with Gasteiger partial charge in [0.15, 0.2) is 16.3 Å². The van der Waals surface area contributed by atoms with Gasteiger partial charge in [-0.2, -0.15) is 0 Å². The minimum Gasteiger partial charge on any atom is -0.506 e. The Balaban J connectivity index is 1.61.